The molecule has 1 heterocycles. The summed E-state index contributed by atoms with van der Waals surface area (Å²) in [6.07, 6.45) is -5.16. The maximum absolute atomic E-state index is 16.4. The van der Waals surface area contributed by atoms with Gasteiger partial charge in [-0.3, -0.25) is 14.5 Å². The van der Waals surface area contributed by atoms with Crippen molar-refractivity contribution < 1.29 is 41.7 Å². The first kappa shape index (κ1) is 22.8. The zero-order valence-corrected chi connectivity index (χ0v) is 16.8. The van der Waals surface area contributed by atoms with E-state index < -0.39 is 54.7 Å². The van der Waals surface area contributed by atoms with Gasteiger partial charge < -0.3 is 14.6 Å². The zero-order valence-electron chi connectivity index (χ0n) is 16.0. The smallest absolute Gasteiger partial charge is 0.416 e. The van der Waals surface area contributed by atoms with Crippen LogP contribution in [0.4, 0.5) is 23.2 Å². The van der Waals surface area contributed by atoms with Crippen molar-refractivity contribution in [2.75, 3.05) is 25.3 Å². The van der Waals surface area contributed by atoms with Gasteiger partial charge in [0.25, 0.3) is 5.91 Å². The number of nitrogens with zero attached hydrogens (tertiary/aromatic N) is 1. The Bertz CT molecular complexity index is 1030. The Morgan fingerprint density at radius 3 is 2.52 bits per heavy atom. The molecular weight excluding hydrogens is 446 g/mol. The Morgan fingerprint density at radius 1 is 1.19 bits per heavy atom. The molecule has 0 saturated carbocycles. The van der Waals surface area contributed by atoms with Crippen LogP contribution in [0.15, 0.2) is 36.4 Å². The van der Waals surface area contributed by atoms with E-state index in [0.717, 1.165) is 12.1 Å². The molecule has 31 heavy (non-hydrogen) atoms. The minimum absolute atomic E-state index is 0.0507. The lowest BCUT2D eigenvalue weighted by Crippen LogP contribution is -2.40. The first-order chi connectivity index (χ1) is 14.5. The van der Waals surface area contributed by atoms with Crippen molar-refractivity contribution in [1.82, 2.24) is 0 Å². The van der Waals surface area contributed by atoms with Gasteiger partial charge in [-0.05, 0) is 30.3 Å². The number of methoxy groups -OCH3 is 1. The van der Waals surface area contributed by atoms with Crippen LogP contribution in [0.25, 0.3) is 0 Å². The van der Waals surface area contributed by atoms with Crippen LogP contribution in [0.3, 0.4) is 0 Å². The molecule has 1 aliphatic rings. The number of anilines is 1. The van der Waals surface area contributed by atoms with E-state index in [4.69, 9.17) is 26.2 Å². The van der Waals surface area contributed by atoms with E-state index >= 15 is 4.39 Å². The molecule has 2 aromatic carbocycles. The van der Waals surface area contributed by atoms with Gasteiger partial charge in [-0.1, -0.05) is 17.7 Å². The highest BCUT2D eigenvalue weighted by molar-refractivity contribution is 6.30. The van der Waals surface area contributed by atoms with Crippen LogP contribution in [0.2, 0.25) is 5.02 Å². The van der Waals surface area contributed by atoms with Crippen LogP contribution in [-0.4, -0.2) is 37.4 Å². The molecule has 1 atom stereocenters. The minimum Gasteiger partial charge on any atom is -0.496 e. The summed E-state index contributed by atoms with van der Waals surface area (Å²) in [5.41, 5.74) is -5.17. The molecule has 3 rings (SSSR count). The van der Waals surface area contributed by atoms with Crippen LogP contribution in [0.5, 0.6) is 5.75 Å². The van der Waals surface area contributed by atoms with Gasteiger partial charge in [0.1, 0.15) is 5.75 Å². The topological polar surface area (TPSA) is 76.1 Å². The zero-order chi connectivity index (χ0) is 23.0. The second kappa shape index (κ2) is 8.35. The fourth-order valence-corrected chi connectivity index (χ4v) is 3.44. The Hall–Kier alpha value is -2.85. The lowest BCUT2D eigenvalue weighted by Gasteiger charge is -2.23. The maximum Gasteiger partial charge on any atom is 0.416 e. The molecule has 0 fully saturated rings. The standard InChI is InChI=1S/C20H16ClF4NO5/c1-30-16-5-3-12(21)9-14(16)19(22)13-4-2-11(20(23,24)25)8-15(13)26(18(19)29)10-31-17(28)6-7-27/h2-5,8-9,27H,6-7,10H2,1H3. The molecule has 1 amide bonds. The predicted octanol–water partition coefficient (Wildman–Crippen LogP) is 3.81. The number of aliphatic hydroxyl groups is 1. The Labute approximate surface area is 178 Å². The summed E-state index contributed by atoms with van der Waals surface area (Å²) in [7, 11) is 1.23. The van der Waals surface area contributed by atoms with E-state index in [0.29, 0.717) is 17.0 Å². The summed E-state index contributed by atoms with van der Waals surface area (Å²) in [6, 6.07) is 5.96. The molecule has 0 bridgehead atoms. The summed E-state index contributed by atoms with van der Waals surface area (Å²) in [4.78, 5) is 25.3. The Balaban J connectivity index is 2.17. The molecule has 166 valence electrons. The molecule has 1 aliphatic heterocycles. The highest BCUT2D eigenvalue weighted by atomic mass is 35.5. The normalized spacial score (nSPS) is 18.2. The maximum atomic E-state index is 16.4. The number of aliphatic hydroxyl groups excluding tert-OH is 1. The van der Waals surface area contributed by atoms with Crippen molar-refractivity contribution in [3.63, 3.8) is 0 Å². The van der Waals surface area contributed by atoms with Crippen molar-refractivity contribution in [2.45, 2.75) is 18.3 Å². The number of rotatable bonds is 6. The third-order valence-corrected chi connectivity index (χ3v) is 4.97. The average Bonchev–Trinajstić information content (AvgIpc) is 2.93. The number of carbonyl (C=O) groups is 2. The number of alkyl halides is 4. The van der Waals surface area contributed by atoms with Crippen LogP contribution >= 0.6 is 11.6 Å². The fraction of sp³-hybridized carbons (Fsp3) is 0.300. The number of fused-ring (bicyclic) bond motifs is 1. The molecule has 0 radical (unpaired) electrons. The molecule has 0 aromatic heterocycles. The van der Waals surface area contributed by atoms with Gasteiger partial charge in [0, 0.05) is 16.1 Å². The SMILES string of the molecule is COc1ccc(Cl)cc1C1(F)C(=O)N(COC(=O)CCO)c2cc(C(F)(F)F)ccc21. The molecule has 1 unspecified atom stereocenters. The van der Waals surface area contributed by atoms with Gasteiger partial charge in [0.05, 0.1) is 31.4 Å². The summed E-state index contributed by atoms with van der Waals surface area (Å²) >= 11 is 5.96. The first-order valence-electron chi connectivity index (χ1n) is 8.87. The van der Waals surface area contributed by atoms with Gasteiger partial charge in [-0.2, -0.15) is 13.2 Å². The van der Waals surface area contributed by atoms with Crippen LogP contribution in [0, 0.1) is 0 Å². The van der Waals surface area contributed by atoms with Crippen LogP contribution < -0.4 is 9.64 Å². The largest absolute Gasteiger partial charge is 0.496 e. The third kappa shape index (κ3) is 4.05. The monoisotopic (exact) mass is 461 g/mol. The van der Waals surface area contributed by atoms with Gasteiger partial charge in [-0.15, -0.1) is 0 Å². The number of ether oxygens (including phenoxy) is 2. The Morgan fingerprint density at radius 2 is 1.90 bits per heavy atom. The van der Waals surface area contributed by atoms with Gasteiger partial charge in [0.2, 0.25) is 5.67 Å². The summed E-state index contributed by atoms with van der Waals surface area (Å²) in [5.74, 6) is -2.25. The second-order valence-electron chi connectivity index (χ2n) is 6.59. The highest BCUT2D eigenvalue weighted by Crippen LogP contribution is 2.51. The molecule has 0 saturated heterocycles. The van der Waals surface area contributed by atoms with E-state index in [1.165, 1.54) is 19.2 Å². The lowest BCUT2D eigenvalue weighted by molar-refractivity contribution is -0.145. The lowest BCUT2D eigenvalue weighted by atomic mass is 9.88. The summed E-state index contributed by atoms with van der Waals surface area (Å²) < 4.78 is 66.1. The number of carbonyl (C=O) groups excluding carboxylic acids is 2. The quantitative estimate of drug-likeness (QED) is 0.523. The van der Waals surface area contributed by atoms with Gasteiger partial charge >= 0.3 is 12.1 Å². The van der Waals surface area contributed by atoms with Crippen molar-refractivity contribution in [3.8, 4) is 5.75 Å². The molecule has 0 aliphatic carbocycles. The number of hydrogen-bond acceptors (Lipinski definition) is 5. The number of halogens is 5. The van der Waals surface area contributed by atoms with Crippen LogP contribution in [-0.2, 0) is 26.2 Å². The second-order valence-corrected chi connectivity index (χ2v) is 7.02. The van der Waals surface area contributed by atoms with E-state index in [1.54, 1.807) is 0 Å². The molecule has 1 N–H and O–H groups in total. The minimum atomic E-state index is -4.76. The first-order valence-corrected chi connectivity index (χ1v) is 9.25. The average molecular weight is 462 g/mol. The van der Waals surface area contributed by atoms with E-state index in [1.807, 2.05) is 0 Å². The molecule has 2 aromatic rings. The van der Waals surface area contributed by atoms with Crippen molar-refractivity contribution >= 4 is 29.2 Å². The van der Waals surface area contributed by atoms with Crippen LogP contribution in [0.1, 0.15) is 23.1 Å². The van der Waals surface area contributed by atoms with Crippen molar-refractivity contribution in [3.05, 3.63) is 58.1 Å². The number of benzene rings is 2. The van der Waals surface area contributed by atoms with Crippen molar-refractivity contribution in [2.24, 2.45) is 0 Å². The van der Waals surface area contributed by atoms with E-state index in [2.05, 4.69) is 0 Å². The number of esters is 1. The fourth-order valence-electron chi connectivity index (χ4n) is 3.27. The van der Waals surface area contributed by atoms with E-state index in [-0.39, 0.29) is 21.9 Å². The molecule has 0 spiro atoms. The van der Waals surface area contributed by atoms with Gasteiger partial charge in [-0.25, -0.2) is 4.39 Å². The highest BCUT2D eigenvalue weighted by Gasteiger charge is 2.55. The summed E-state index contributed by atoms with van der Waals surface area (Å²) in [5, 5.41) is 8.86. The predicted molar refractivity (Wildman–Crippen MR) is 101 cm³/mol. The molecular formula is C20H16ClF4NO5. The number of amides is 1. The molecule has 6 nitrogen and oxygen atoms in total. The van der Waals surface area contributed by atoms with E-state index in [9.17, 15) is 22.8 Å². The Kier molecular flexibility index (Phi) is 6.15. The van der Waals surface area contributed by atoms with Gasteiger partial charge in [0.15, 0.2) is 6.73 Å². The molecule has 11 heteroatoms. The number of hydrogen-bond donors (Lipinski definition) is 1. The third-order valence-electron chi connectivity index (χ3n) is 4.73. The van der Waals surface area contributed by atoms with Crippen molar-refractivity contribution in [1.29, 1.82) is 0 Å². The summed E-state index contributed by atoms with van der Waals surface area (Å²) in [6.45, 7) is -1.38.